The van der Waals surface area contributed by atoms with Crippen LogP contribution in [0.25, 0.3) is 0 Å². The number of rotatable bonds is 0. The summed E-state index contributed by atoms with van der Waals surface area (Å²) in [5.41, 5.74) is 1.66. The molecule has 4 rings (SSSR count). The largest absolute Gasteiger partial charge is 0.454 e. The fourth-order valence-corrected chi connectivity index (χ4v) is 2.67. The van der Waals surface area contributed by atoms with Crippen molar-refractivity contribution < 1.29 is 9.47 Å². The lowest BCUT2D eigenvalue weighted by atomic mass is 9.76. The van der Waals surface area contributed by atoms with Crippen LogP contribution in [0.15, 0.2) is 44.9 Å². The molecule has 0 saturated carbocycles. The molecule has 0 amide bonds. The predicted octanol–water partition coefficient (Wildman–Crippen LogP) is 0.634. The molecule has 0 radical (unpaired) electrons. The second-order valence-corrected chi connectivity index (χ2v) is 4.38. The van der Waals surface area contributed by atoms with Gasteiger partial charge in [0.25, 0.3) is 0 Å². The maximum Gasteiger partial charge on any atom is 0.231 e. The highest BCUT2D eigenvalue weighted by Crippen LogP contribution is 2.40. The fourth-order valence-electron chi connectivity index (χ4n) is 2.67. The molecular weight excluding hydrogens is 220 g/mol. The zero-order chi connectivity index (χ0) is 11.6. The monoisotopic (exact) mass is 228 g/mol. The molecule has 0 bridgehead atoms. The third kappa shape index (κ3) is 0.976. The van der Waals surface area contributed by atoms with E-state index < -0.39 is 0 Å². The molecule has 4 heteroatoms. The van der Waals surface area contributed by atoms with Crippen LogP contribution in [0.2, 0.25) is 0 Å². The van der Waals surface area contributed by atoms with Gasteiger partial charge < -0.3 is 9.47 Å². The first kappa shape index (κ1) is 8.98. The van der Waals surface area contributed by atoms with Crippen LogP contribution in [0, 0.1) is 0 Å². The molecule has 1 unspecified atom stereocenters. The van der Waals surface area contributed by atoms with Gasteiger partial charge in [-0.3, -0.25) is 9.59 Å². The highest BCUT2D eigenvalue weighted by atomic mass is 16.7. The topological polar surface area (TPSA) is 52.6 Å². The van der Waals surface area contributed by atoms with Crippen molar-refractivity contribution in [3.05, 3.63) is 66.9 Å². The van der Waals surface area contributed by atoms with E-state index in [1.807, 2.05) is 18.2 Å². The molecule has 1 aromatic carbocycles. The molecule has 1 heterocycles. The summed E-state index contributed by atoms with van der Waals surface area (Å²) >= 11 is 0. The van der Waals surface area contributed by atoms with Crippen LogP contribution in [0.4, 0.5) is 0 Å². The second kappa shape index (κ2) is 2.77. The van der Waals surface area contributed by atoms with Crippen molar-refractivity contribution in [2.24, 2.45) is 0 Å². The number of allylic oxidation sites excluding steroid dienone is 4. The van der Waals surface area contributed by atoms with Gasteiger partial charge in [-0.15, -0.1) is 0 Å². The summed E-state index contributed by atoms with van der Waals surface area (Å²) in [5, 5.41) is 0. The van der Waals surface area contributed by atoms with Crippen LogP contribution in [0.5, 0.6) is 0 Å². The van der Waals surface area contributed by atoms with E-state index in [0.717, 1.165) is 11.3 Å². The summed E-state index contributed by atoms with van der Waals surface area (Å²) in [7, 11) is 0. The summed E-state index contributed by atoms with van der Waals surface area (Å²) in [4.78, 5) is 23.0. The lowest BCUT2D eigenvalue weighted by molar-refractivity contribution is 0.0978. The standard InChI is InChI=1S/C13H8O4/c14-12-7-2-1-6-3-9-10(17-5-16-9)4-8(6)11(7)13(12)15/h1,3-4,8H,2,5H2. The quantitative estimate of drug-likeness (QED) is 0.611. The minimum atomic E-state index is -0.344. The van der Waals surface area contributed by atoms with Crippen molar-refractivity contribution >= 4 is 0 Å². The maximum atomic E-state index is 11.6. The van der Waals surface area contributed by atoms with Crippen LogP contribution < -0.4 is 10.9 Å². The Kier molecular flexibility index (Phi) is 1.46. The van der Waals surface area contributed by atoms with Crippen molar-refractivity contribution in [3.8, 4) is 0 Å². The molecule has 1 fully saturated rings. The van der Waals surface area contributed by atoms with Crippen LogP contribution in [0.1, 0.15) is 17.0 Å². The first-order valence-electron chi connectivity index (χ1n) is 5.47. The molecule has 17 heavy (non-hydrogen) atoms. The lowest BCUT2D eigenvalue weighted by Gasteiger charge is -2.26. The van der Waals surface area contributed by atoms with E-state index in [1.165, 1.54) is 0 Å². The van der Waals surface area contributed by atoms with Crippen molar-refractivity contribution in [2.75, 3.05) is 6.79 Å². The van der Waals surface area contributed by atoms with Gasteiger partial charge in [0.05, 0.1) is 0 Å². The van der Waals surface area contributed by atoms with E-state index in [0.29, 0.717) is 23.3 Å². The molecule has 3 aliphatic rings. The normalized spacial score (nSPS) is 24.7. The van der Waals surface area contributed by atoms with Gasteiger partial charge in [0.2, 0.25) is 17.7 Å². The molecule has 2 aliphatic carbocycles. The van der Waals surface area contributed by atoms with E-state index in [9.17, 15) is 9.59 Å². The van der Waals surface area contributed by atoms with Gasteiger partial charge >= 0.3 is 0 Å². The third-order valence-corrected chi connectivity index (χ3v) is 3.55. The molecule has 0 aromatic heterocycles. The summed E-state index contributed by atoms with van der Waals surface area (Å²) in [6.07, 6.45) is 6.30. The molecule has 1 aliphatic heterocycles. The molecule has 4 nitrogen and oxygen atoms in total. The van der Waals surface area contributed by atoms with Crippen molar-refractivity contribution in [1.82, 2.24) is 0 Å². The molecule has 1 aromatic rings. The fraction of sp³-hybridized carbons (Fsp3) is 0.231. The molecule has 1 saturated heterocycles. The molecule has 1 atom stereocenters. The lowest BCUT2D eigenvalue weighted by Crippen LogP contribution is -2.42. The molecule has 84 valence electrons. The Bertz CT molecular complexity index is 695. The average molecular weight is 228 g/mol. The van der Waals surface area contributed by atoms with Gasteiger partial charge in [0.1, 0.15) is 0 Å². The maximum absolute atomic E-state index is 11.6. The smallest absolute Gasteiger partial charge is 0.231 e. The summed E-state index contributed by atoms with van der Waals surface area (Å²) in [6, 6.07) is 0. The molecule has 0 spiro atoms. The first-order chi connectivity index (χ1) is 8.25. The zero-order valence-electron chi connectivity index (χ0n) is 8.86. The van der Waals surface area contributed by atoms with Crippen LogP contribution in [0.3, 0.4) is 0 Å². The highest BCUT2D eigenvalue weighted by Gasteiger charge is 2.35. The van der Waals surface area contributed by atoms with Gasteiger partial charge in [-0.2, -0.15) is 0 Å². The van der Waals surface area contributed by atoms with Crippen molar-refractivity contribution in [3.63, 3.8) is 0 Å². The Hall–Kier alpha value is -2.10. The van der Waals surface area contributed by atoms with Gasteiger partial charge in [-0.25, -0.2) is 0 Å². The summed E-state index contributed by atoms with van der Waals surface area (Å²) < 4.78 is 10.6. The third-order valence-electron chi connectivity index (χ3n) is 3.55. The van der Waals surface area contributed by atoms with E-state index in [4.69, 9.17) is 9.47 Å². The van der Waals surface area contributed by atoms with Crippen LogP contribution >= 0.6 is 0 Å². The highest BCUT2D eigenvalue weighted by molar-refractivity contribution is 5.55. The van der Waals surface area contributed by atoms with Crippen molar-refractivity contribution in [2.45, 2.75) is 12.3 Å². The Labute approximate surface area is 96.2 Å². The summed E-state index contributed by atoms with van der Waals surface area (Å²) in [6.45, 7) is 0.219. The SMILES string of the molecule is O=c1c2c(c1=O)C1C=C3OCOC3=CC1=CC2. The Morgan fingerprint density at radius 2 is 1.94 bits per heavy atom. The van der Waals surface area contributed by atoms with E-state index >= 15 is 0 Å². The van der Waals surface area contributed by atoms with E-state index in [2.05, 4.69) is 0 Å². The van der Waals surface area contributed by atoms with Crippen LogP contribution in [-0.4, -0.2) is 6.79 Å². The minimum absolute atomic E-state index is 0.121. The zero-order valence-corrected chi connectivity index (χ0v) is 8.86. The van der Waals surface area contributed by atoms with E-state index in [1.54, 1.807) is 0 Å². The Morgan fingerprint density at radius 1 is 1.12 bits per heavy atom. The van der Waals surface area contributed by atoms with E-state index in [-0.39, 0.29) is 23.6 Å². The summed E-state index contributed by atoms with van der Waals surface area (Å²) in [5.74, 6) is 1.27. The minimum Gasteiger partial charge on any atom is -0.454 e. The molecule has 0 N–H and O–H groups in total. The van der Waals surface area contributed by atoms with Gasteiger partial charge in [0, 0.05) is 17.0 Å². The Balaban J connectivity index is 1.91. The average Bonchev–Trinajstić information content (AvgIpc) is 2.80. The number of hydrogen-bond acceptors (Lipinski definition) is 4. The number of fused-ring (bicyclic) bond motifs is 4. The number of hydrogen-bond donors (Lipinski definition) is 0. The molecular formula is C13H8O4. The van der Waals surface area contributed by atoms with Crippen LogP contribution in [-0.2, 0) is 15.9 Å². The Morgan fingerprint density at radius 3 is 2.82 bits per heavy atom. The van der Waals surface area contributed by atoms with Crippen molar-refractivity contribution in [1.29, 1.82) is 0 Å². The van der Waals surface area contributed by atoms with Gasteiger partial charge in [-0.05, 0) is 24.1 Å². The van der Waals surface area contributed by atoms with Gasteiger partial charge in [-0.1, -0.05) is 6.08 Å². The first-order valence-corrected chi connectivity index (χ1v) is 5.47. The predicted molar refractivity (Wildman–Crippen MR) is 59.1 cm³/mol. The number of ether oxygens (including phenoxy) is 2. The van der Waals surface area contributed by atoms with Gasteiger partial charge in [0.15, 0.2) is 11.5 Å². The second-order valence-electron chi connectivity index (χ2n) is 4.38.